The first-order chi connectivity index (χ1) is 25.6. The second-order valence-corrected chi connectivity index (χ2v) is 15.6. The molecule has 0 heterocycles. The zero-order valence-corrected chi connectivity index (χ0v) is 34.7. The topological polar surface area (TPSA) is 89.8 Å². The zero-order chi connectivity index (χ0) is 38.0. The van der Waals surface area contributed by atoms with Crippen molar-refractivity contribution in [3.63, 3.8) is 0 Å². The maximum Gasteiger partial charge on any atom is 0.249 e. The van der Waals surface area contributed by atoms with Gasteiger partial charge in [-0.05, 0) is 44.9 Å². The van der Waals surface area contributed by atoms with Gasteiger partial charge in [0.15, 0.2) is 0 Å². The van der Waals surface area contributed by atoms with Crippen molar-refractivity contribution in [1.82, 2.24) is 5.32 Å². The Morgan fingerprint density at radius 2 is 0.788 bits per heavy atom. The molecule has 0 aliphatic carbocycles. The van der Waals surface area contributed by atoms with Gasteiger partial charge < -0.3 is 20.6 Å². The summed E-state index contributed by atoms with van der Waals surface area (Å²) in [5.74, 6) is -0.515. The molecule has 0 aromatic heterocycles. The average Bonchev–Trinajstić information content (AvgIpc) is 3.15. The van der Waals surface area contributed by atoms with Crippen LogP contribution in [-0.4, -0.2) is 46.1 Å². The molecule has 4 N–H and O–H groups in total. The van der Waals surface area contributed by atoms with Crippen molar-refractivity contribution < 1.29 is 20.1 Å². The van der Waals surface area contributed by atoms with Crippen LogP contribution in [0.4, 0.5) is 0 Å². The Labute approximate surface area is 324 Å². The summed E-state index contributed by atoms with van der Waals surface area (Å²) in [5, 5.41) is 33.1. The largest absolute Gasteiger partial charge is 0.394 e. The van der Waals surface area contributed by atoms with E-state index in [9.17, 15) is 20.1 Å². The second kappa shape index (κ2) is 42.3. The van der Waals surface area contributed by atoms with Gasteiger partial charge >= 0.3 is 0 Å². The van der Waals surface area contributed by atoms with Crippen molar-refractivity contribution in [2.75, 3.05) is 6.61 Å². The molecular weight excluding hydrogens is 643 g/mol. The molecule has 0 aromatic rings. The van der Waals surface area contributed by atoms with Crippen LogP contribution in [0.25, 0.3) is 0 Å². The van der Waals surface area contributed by atoms with E-state index in [1.54, 1.807) is 6.08 Å². The second-order valence-electron chi connectivity index (χ2n) is 15.6. The standard InChI is InChI=1S/C47H89NO4/c1-3-5-7-9-11-13-15-17-19-20-21-22-23-24-25-26-28-30-32-34-36-38-40-42-46(51)47(52)48-44(43-49)45(50)41-39-37-35-33-31-29-27-18-16-14-12-10-8-6-4-2/h16,18,31,33,39,41,44-46,49-51H,3-15,17,19-30,32,34-38,40,42-43H2,1-2H3,(H,48,52)/b18-16+,33-31+,41-39+. The van der Waals surface area contributed by atoms with Gasteiger partial charge in [-0.15, -0.1) is 0 Å². The molecular formula is C47H89NO4. The molecule has 3 atom stereocenters. The van der Waals surface area contributed by atoms with Crippen molar-refractivity contribution in [2.24, 2.45) is 0 Å². The van der Waals surface area contributed by atoms with E-state index in [0.717, 1.165) is 44.9 Å². The van der Waals surface area contributed by atoms with E-state index >= 15 is 0 Å². The molecule has 52 heavy (non-hydrogen) atoms. The van der Waals surface area contributed by atoms with Crippen LogP contribution in [0.15, 0.2) is 36.5 Å². The molecule has 0 aliphatic heterocycles. The molecule has 5 nitrogen and oxygen atoms in total. The van der Waals surface area contributed by atoms with Crippen molar-refractivity contribution in [3.8, 4) is 0 Å². The van der Waals surface area contributed by atoms with Crippen LogP contribution in [0.3, 0.4) is 0 Å². The first-order valence-electron chi connectivity index (χ1n) is 22.8. The number of carbonyl (C=O) groups is 1. The Kier molecular flexibility index (Phi) is 41.1. The Morgan fingerprint density at radius 1 is 0.462 bits per heavy atom. The first kappa shape index (κ1) is 50.6. The van der Waals surface area contributed by atoms with E-state index in [-0.39, 0.29) is 6.61 Å². The molecule has 0 fully saturated rings. The molecule has 0 rings (SSSR count). The van der Waals surface area contributed by atoms with Crippen LogP contribution in [-0.2, 0) is 4.79 Å². The van der Waals surface area contributed by atoms with E-state index in [0.29, 0.717) is 6.42 Å². The number of unbranched alkanes of at least 4 members (excludes halogenated alkanes) is 29. The third kappa shape index (κ3) is 36.9. The van der Waals surface area contributed by atoms with E-state index in [4.69, 9.17) is 0 Å². The Bertz CT molecular complexity index is 809. The molecule has 0 radical (unpaired) electrons. The van der Waals surface area contributed by atoms with Crippen LogP contribution in [0.1, 0.15) is 232 Å². The molecule has 5 heteroatoms. The predicted molar refractivity (Wildman–Crippen MR) is 227 cm³/mol. The van der Waals surface area contributed by atoms with Crippen LogP contribution >= 0.6 is 0 Å². The van der Waals surface area contributed by atoms with E-state index < -0.39 is 24.2 Å². The SMILES string of the molecule is CCCCCCC/C=C/CC/C=C/CC/C=C/C(O)C(CO)NC(=O)C(O)CCCCCCCCCCCCCCCCCCCCCCCCC. The van der Waals surface area contributed by atoms with Gasteiger partial charge in [0.2, 0.25) is 5.91 Å². The van der Waals surface area contributed by atoms with Gasteiger partial charge in [0, 0.05) is 0 Å². The van der Waals surface area contributed by atoms with Gasteiger partial charge in [-0.1, -0.05) is 224 Å². The van der Waals surface area contributed by atoms with Crippen LogP contribution < -0.4 is 5.32 Å². The van der Waals surface area contributed by atoms with Gasteiger partial charge in [-0.25, -0.2) is 0 Å². The lowest BCUT2D eigenvalue weighted by atomic mass is 10.0. The minimum absolute atomic E-state index is 0.379. The highest BCUT2D eigenvalue weighted by molar-refractivity contribution is 5.80. The van der Waals surface area contributed by atoms with E-state index in [1.807, 2.05) is 6.08 Å². The fraction of sp³-hybridized carbons (Fsp3) is 0.851. The normalized spacial score (nSPS) is 13.9. The Morgan fingerprint density at radius 3 is 1.17 bits per heavy atom. The van der Waals surface area contributed by atoms with Crippen molar-refractivity contribution in [3.05, 3.63) is 36.5 Å². The number of carbonyl (C=O) groups excluding carboxylic acids is 1. The van der Waals surface area contributed by atoms with Crippen LogP contribution in [0.2, 0.25) is 0 Å². The molecule has 0 spiro atoms. The van der Waals surface area contributed by atoms with E-state index in [2.05, 4.69) is 43.5 Å². The first-order valence-corrected chi connectivity index (χ1v) is 22.8. The lowest BCUT2D eigenvalue weighted by Crippen LogP contribution is -2.48. The van der Waals surface area contributed by atoms with Gasteiger partial charge in [-0.2, -0.15) is 0 Å². The summed E-state index contributed by atoms with van der Waals surface area (Å²) in [5.41, 5.74) is 0. The highest BCUT2D eigenvalue weighted by Gasteiger charge is 2.22. The van der Waals surface area contributed by atoms with Crippen LogP contribution in [0.5, 0.6) is 0 Å². The van der Waals surface area contributed by atoms with Crippen molar-refractivity contribution in [1.29, 1.82) is 0 Å². The molecule has 0 aromatic carbocycles. The number of allylic oxidation sites excluding steroid dienone is 5. The lowest BCUT2D eigenvalue weighted by molar-refractivity contribution is -0.131. The minimum atomic E-state index is -1.11. The smallest absolute Gasteiger partial charge is 0.249 e. The Balaban J connectivity index is 3.65. The summed E-state index contributed by atoms with van der Waals surface area (Å²) in [7, 11) is 0. The summed E-state index contributed by atoms with van der Waals surface area (Å²) in [4.78, 5) is 12.5. The molecule has 1 amide bonds. The predicted octanol–water partition coefficient (Wildman–Crippen LogP) is 13.2. The van der Waals surface area contributed by atoms with Crippen molar-refractivity contribution in [2.45, 2.75) is 250 Å². The van der Waals surface area contributed by atoms with Crippen LogP contribution in [0, 0.1) is 0 Å². The highest BCUT2D eigenvalue weighted by Crippen LogP contribution is 2.16. The summed E-state index contributed by atoms with van der Waals surface area (Å²) in [6.07, 6.45) is 53.3. The number of hydrogen-bond donors (Lipinski definition) is 4. The number of rotatable bonds is 41. The third-order valence-electron chi connectivity index (χ3n) is 10.5. The van der Waals surface area contributed by atoms with Gasteiger partial charge in [0.05, 0.1) is 18.8 Å². The lowest BCUT2D eigenvalue weighted by Gasteiger charge is -2.21. The third-order valence-corrected chi connectivity index (χ3v) is 10.5. The number of aliphatic hydroxyl groups is 3. The highest BCUT2D eigenvalue weighted by atomic mass is 16.3. The van der Waals surface area contributed by atoms with E-state index in [1.165, 1.54) is 167 Å². The van der Waals surface area contributed by atoms with Gasteiger partial charge in [0.1, 0.15) is 6.10 Å². The maximum atomic E-state index is 12.5. The number of amides is 1. The number of hydrogen-bond acceptors (Lipinski definition) is 4. The Hall–Kier alpha value is -1.43. The molecule has 0 aliphatic rings. The monoisotopic (exact) mass is 732 g/mol. The minimum Gasteiger partial charge on any atom is -0.394 e. The summed E-state index contributed by atoms with van der Waals surface area (Å²) in [6, 6.07) is -0.818. The number of aliphatic hydroxyl groups excluding tert-OH is 3. The fourth-order valence-corrected chi connectivity index (χ4v) is 6.86. The quantitative estimate of drug-likeness (QED) is 0.0372. The molecule has 3 unspecified atom stereocenters. The average molecular weight is 732 g/mol. The number of nitrogens with one attached hydrogen (secondary N) is 1. The molecule has 306 valence electrons. The fourth-order valence-electron chi connectivity index (χ4n) is 6.86. The van der Waals surface area contributed by atoms with Gasteiger partial charge in [-0.3, -0.25) is 4.79 Å². The van der Waals surface area contributed by atoms with Crippen molar-refractivity contribution >= 4 is 5.91 Å². The van der Waals surface area contributed by atoms with Gasteiger partial charge in [0.25, 0.3) is 0 Å². The summed E-state index contributed by atoms with van der Waals surface area (Å²) in [6.45, 7) is 4.16. The molecule has 0 saturated carbocycles. The summed E-state index contributed by atoms with van der Waals surface area (Å²) >= 11 is 0. The molecule has 0 saturated heterocycles. The maximum absolute atomic E-state index is 12.5. The zero-order valence-electron chi connectivity index (χ0n) is 34.7. The summed E-state index contributed by atoms with van der Waals surface area (Å²) < 4.78 is 0. The molecule has 0 bridgehead atoms.